The van der Waals surface area contributed by atoms with Crippen LogP contribution in [0.3, 0.4) is 0 Å². The first-order chi connectivity index (χ1) is 27.8. The zero-order valence-electron chi connectivity index (χ0n) is 32.9. The first-order valence-corrected chi connectivity index (χ1v) is 19.0. The highest BCUT2D eigenvalue weighted by Gasteiger charge is 2.40. The van der Waals surface area contributed by atoms with E-state index in [0.717, 1.165) is 55.5 Å². The van der Waals surface area contributed by atoms with E-state index in [9.17, 15) is 27.6 Å². The van der Waals surface area contributed by atoms with Gasteiger partial charge in [0.15, 0.2) is 0 Å². The maximum Gasteiger partial charge on any atom is 0.490 e. The van der Waals surface area contributed by atoms with E-state index in [4.69, 9.17) is 14.4 Å². The number of likely N-dealkylation sites (tertiary alicyclic amines) is 1. The Balaban J connectivity index is 0.000000768. The fourth-order valence-electron chi connectivity index (χ4n) is 7.04. The van der Waals surface area contributed by atoms with Crippen LogP contribution in [0, 0.1) is 5.82 Å². The first kappa shape index (κ1) is 42.6. The molecule has 2 aromatic carbocycles. The molecule has 14 nitrogen and oxygen atoms in total. The van der Waals surface area contributed by atoms with Crippen molar-refractivity contribution in [2.75, 3.05) is 19.6 Å². The third kappa shape index (κ3) is 9.99. The third-order valence-corrected chi connectivity index (χ3v) is 10.7. The molecule has 0 radical (unpaired) electrons. The van der Waals surface area contributed by atoms with Crippen LogP contribution in [0.1, 0.15) is 98.1 Å². The molecule has 5 heterocycles. The van der Waals surface area contributed by atoms with Gasteiger partial charge < -0.3 is 19.8 Å². The van der Waals surface area contributed by atoms with Crippen LogP contribution in [0.2, 0.25) is 0 Å². The van der Waals surface area contributed by atoms with Crippen LogP contribution >= 0.6 is 0 Å². The van der Waals surface area contributed by atoms with Crippen LogP contribution in [-0.2, 0) is 38.2 Å². The average molecular weight is 821 g/mol. The Bertz CT molecular complexity index is 2350. The van der Waals surface area contributed by atoms with E-state index in [0.29, 0.717) is 41.5 Å². The molecule has 3 aromatic heterocycles. The minimum Gasteiger partial charge on any atom is -0.475 e. The highest BCUT2D eigenvalue weighted by Crippen LogP contribution is 2.35. The van der Waals surface area contributed by atoms with E-state index in [1.807, 2.05) is 33.9 Å². The van der Waals surface area contributed by atoms with Crippen LogP contribution in [0.4, 0.5) is 17.6 Å². The Hall–Kier alpha value is -6.04. The molecule has 312 valence electrons. The zero-order chi connectivity index (χ0) is 42.7. The summed E-state index contributed by atoms with van der Waals surface area (Å²) in [5, 5.41) is 20.4. The van der Waals surface area contributed by atoms with Gasteiger partial charge in [0.2, 0.25) is 17.7 Å². The molecule has 59 heavy (non-hydrogen) atoms. The number of fused-ring (bicyclic) bond motifs is 1. The number of nitrogens with one attached hydrogen (secondary N) is 2. The van der Waals surface area contributed by atoms with Crippen LogP contribution in [0.15, 0.2) is 65.6 Å². The van der Waals surface area contributed by atoms with E-state index in [1.165, 1.54) is 18.0 Å². The number of hydrogen-bond donors (Lipinski definition) is 3. The number of piperidine rings is 2. The number of hydrogen-bond acceptors (Lipinski definition) is 10. The summed E-state index contributed by atoms with van der Waals surface area (Å²) >= 11 is 0. The number of halogens is 4. The molecule has 1 atom stereocenters. The smallest absolute Gasteiger partial charge is 0.475 e. The quantitative estimate of drug-likeness (QED) is 0.119. The summed E-state index contributed by atoms with van der Waals surface area (Å²) in [5.74, 6) is -3.47. The van der Waals surface area contributed by atoms with Gasteiger partial charge in [-0.2, -0.15) is 23.3 Å². The van der Waals surface area contributed by atoms with E-state index < -0.39 is 34.7 Å². The van der Waals surface area contributed by atoms with Gasteiger partial charge in [-0.1, -0.05) is 62.3 Å². The Kier molecular flexibility index (Phi) is 12.3. The van der Waals surface area contributed by atoms with Crippen molar-refractivity contribution in [2.24, 2.45) is 0 Å². The van der Waals surface area contributed by atoms with Crippen molar-refractivity contribution in [3.63, 3.8) is 0 Å². The number of rotatable bonds is 9. The second-order valence-electron chi connectivity index (χ2n) is 15.9. The van der Waals surface area contributed by atoms with Crippen molar-refractivity contribution >= 4 is 29.2 Å². The van der Waals surface area contributed by atoms with Crippen molar-refractivity contribution in [3.05, 3.63) is 101 Å². The van der Waals surface area contributed by atoms with Crippen LogP contribution in [-0.4, -0.2) is 84.2 Å². The molecule has 0 spiro atoms. The fraction of sp³-hybridized carbons (Fsp3) is 0.415. The Morgan fingerprint density at radius 2 is 1.75 bits per heavy atom. The van der Waals surface area contributed by atoms with Crippen molar-refractivity contribution < 1.29 is 46.4 Å². The normalized spacial score (nSPS) is 18.0. The lowest BCUT2D eigenvalue weighted by atomic mass is 9.75. The third-order valence-electron chi connectivity index (χ3n) is 10.7. The predicted molar refractivity (Wildman–Crippen MR) is 205 cm³/mol. The summed E-state index contributed by atoms with van der Waals surface area (Å²) in [4.78, 5) is 56.8. The second kappa shape index (κ2) is 17.1. The monoisotopic (exact) mass is 820 g/mol. The molecule has 2 fully saturated rings. The van der Waals surface area contributed by atoms with Crippen molar-refractivity contribution in [3.8, 4) is 11.3 Å². The van der Waals surface area contributed by atoms with Crippen LogP contribution in [0.25, 0.3) is 16.8 Å². The number of alkyl halides is 3. The number of carboxylic acid groups (broad SMARTS) is 1. The minimum atomic E-state index is -5.08. The molecule has 7 rings (SSSR count). The molecular weight excluding hydrogens is 776 g/mol. The highest BCUT2D eigenvalue weighted by atomic mass is 19.4. The minimum absolute atomic E-state index is 0.0358. The zero-order valence-corrected chi connectivity index (χ0v) is 32.9. The maximum absolute atomic E-state index is 15.3. The van der Waals surface area contributed by atoms with Crippen LogP contribution < -0.4 is 10.6 Å². The van der Waals surface area contributed by atoms with Crippen molar-refractivity contribution in [1.82, 2.24) is 40.3 Å². The molecule has 3 amide bonds. The number of aliphatic carboxylic acids is 1. The molecule has 0 saturated carbocycles. The molecular formula is C41H44F4N8O6. The number of carbonyl (C=O) groups is 4. The summed E-state index contributed by atoms with van der Waals surface area (Å²) < 4.78 is 54.0. The lowest BCUT2D eigenvalue weighted by Crippen LogP contribution is -2.49. The maximum atomic E-state index is 15.3. The lowest BCUT2D eigenvalue weighted by Gasteiger charge is -2.34. The summed E-state index contributed by atoms with van der Waals surface area (Å²) in [6.07, 6.45) is 2.23. The topological polar surface area (TPSA) is 185 Å². The van der Waals surface area contributed by atoms with E-state index in [2.05, 4.69) is 66.1 Å². The van der Waals surface area contributed by atoms with Gasteiger partial charge in [-0.05, 0) is 80.4 Å². The van der Waals surface area contributed by atoms with Gasteiger partial charge in [-0.25, -0.2) is 18.7 Å². The van der Waals surface area contributed by atoms with E-state index in [1.54, 1.807) is 16.6 Å². The Labute approximate surface area is 336 Å². The molecule has 18 heteroatoms. The number of carbonyl (C=O) groups excluding carboxylic acids is 3. The number of amides is 3. The largest absolute Gasteiger partial charge is 0.490 e. The average Bonchev–Trinajstić information content (AvgIpc) is 3.87. The van der Waals surface area contributed by atoms with Gasteiger partial charge in [0, 0.05) is 42.2 Å². The van der Waals surface area contributed by atoms with Gasteiger partial charge in [-0.3, -0.25) is 19.7 Å². The van der Waals surface area contributed by atoms with Crippen molar-refractivity contribution in [2.45, 2.75) is 89.3 Å². The molecule has 0 aliphatic carbocycles. The van der Waals surface area contributed by atoms with Gasteiger partial charge in [-0.15, -0.1) is 0 Å². The molecule has 2 aliphatic rings. The van der Waals surface area contributed by atoms with Gasteiger partial charge in [0.05, 0.1) is 16.6 Å². The van der Waals surface area contributed by atoms with Crippen molar-refractivity contribution in [1.29, 1.82) is 0 Å². The highest BCUT2D eigenvalue weighted by molar-refractivity contribution is 6.03. The summed E-state index contributed by atoms with van der Waals surface area (Å²) in [5.41, 5.74) is 4.63. The predicted octanol–water partition coefficient (Wildman–Crippen LogP) is 5.90. The number of benzene rings is 2. The molecule has 0 bridgehead atoms. The number of nitrogens with zero attached hydrogens (tertiary/aromatic N) is 6. The summed E-state index contributed by atoms with van der Waals surface area (Å²) in [7, 11) is 0. The molecule has 2 aliphatic heterocycles. The van der Waals surface area contributed by atoms with E-state index >= 15 is 4.39 Å². The second-order valence-corrected chi connectivity index (χ2v) is 15.9. The van der Waals surface area contributed by atoms with Gasteiger partial charge >= 0.3 is 12.1 Å². The van der Waals surface area contributed by atoms with Gasteiger partial charge in [0.1, 0.15) is 12.1 Å². The molecule has 2 saturated heterocycles. The van der Waals surface area contributed by atoms with E-state index in [-0.39, 0.29) is 24.2 Å². The number of aromatic nitrogens is 5. The molecule has 3 N–H and O–H groups in total. The Morgan fingerprint density at radius 1 is 1.05 bits per heavy atom. The lowest BCUT2D eigenvalue weighted by molar-refractivity contribution is -0.192. The first-order valence-electron chi connectivity index (χ1n) is 19.0. The standard InChI is InChI=1S/C39H43FN8O4.C2HF3O2/c1-38(2,3)37-45-34(46-52-37)35(50)41-21-28-6-5-27(20-30(28)40)33-31-19-24(22-48(31)43-23-42-33)12-16-47-17-13-26(14-18-47)25-7-9-29(10-8-25)39(4)15-11-32(49)44-36(39)51;3-2(4,5)1(6)7/h5-10,19-20,22-23,26H,11-18,21H2,1-4H3,(H,41,50)(H,44,49,51);(H,6,7). The molecule has 5 aromatic rings. The van der Waals surface area contributed by atoms with Gasteiger partial charge in [0.25, 0.3) is 11.7 Å². The number of carboxylic acids is 1. The summed E-state index contributed by atoms with van der Waals surface area (Å²) in [6.45, 7) is 10.5. The summed E-state index contributed by atoms with van der Waals surface area (Å²) in [6, 6.07) is 15.3. The number of imide groups is 1. The Morgan fingerprint density at radius 3 is 2.36 bits per heavy atom. The van der Waals surface area contributed by atoms with Crippen LogP contribution in [0.5, 0.6) is 0 Å². The SMILES string of the molecule is CC(C)(C)c1nc(C(=O)NCc2ccc(-c3ncnn4cc(CCN5CCC(c6ccc(C7(C)CCC(=O)NC7=O)cc6)CC5)cc34)cc2F)no1.O=C(O)C(F)(F)F. The molecule has 1 unspecified atom stereocenters. The fourth-order valence-corrected chi connectivity index (χ4v) is 7.04.